The molecule has 2 aromatic rings. The zero-order valence-electron chi connectivity index (χ0n) is 11.9. The summed E-state index contributed by atoms with van der Waals surface area (Å²) < 4.78 is 0. The Labute approximate surface area is 123 Å². The van der Waals surface area contributed by atoms with Crippen molar-refractivity contribution in [3.8, 4) is 0 Å². The Balaban J connectivity index is 2.21. The molecule has 0 aromatic heterocycles. The van der Waals surface area contributed by atoms with Gasteiger partial charge >= 0.3 is 0 Å². The van der Waals surface area contributed by atoms with Crippen LogP contribution >= 0.6 is 0 Å². The zero-order chi connectivity index (χ0) is 14.4. The van der Waals surface area contributed by atoms with Crippen LogP contribution in [-0.2, 0) is 0 Å². The second kappa shape index (κ2) is 6.99. The van der Waals surface area contributed by atoms with Gasteiger partial charge in [0.1, 0.15) is 0 Å². The van der Waals surface area contributed by atoms with Crippen LogP contribution in [0.2, 0.25) is 0 Å². The topological polar surface area (TPSA) is 15.6 Å². The summed E-state index contributed by atoms with van der Waals surface area (Å²) in [6.07, 6.45) is 0. The van der Waals surface area contributed by atoms with Crippen molar-refractivity contribution in [1.29, 1.82) is 0 Å². The van der Waals surface area contributed by atoms with Crippen LogP contribution in [0.3, 0.4) is 0 Å². The molecule has 2 nitrogen and oxygen atoms in total. The summed E-state index contributed by atoms with van der Waals surface area (Å²) in [6, 6.07) is 20.4. The maximum absolute atomic E-state index is 5.73. The molecule has 20 heavy (non-hydrogen) atoms. The molecule has 1 atom stereocenters. The quantitative estimate of drug-likeness (QED) is 0.457. The van der Waals surface area contributed by atoms with Crippen molar-refractivity contribution in [3.63, 3.8) is 0 Å². The minimum absolute atomic E-state index is 0.0971. The average molecular weight is 259 g/mol. The molecule has 3 radical (unpaired) electrons. The van der Waals surface area contributed by atoms with Crippen molar-refractivity contribution < 1.29 is 0 Å². The zero-order valence-corrected chi connectivity index (χ0v) is 11.9. The second-order valence-electron chi connectivity index (χ2n) is 4.67. The van der Waals surface area contributed by atoms with Gasteiger partial charge in [-0.2, -0.15) is 5.10 Å². The van der Waals surface area contributed by atoms with E-state index in [4.69, 9.17) is 7.74 Å². The third kappa shape index (κ3) is 3.53. The fraction of sp³-hybridized carbons (Fsp3) is 0.188. The smallest absolute Gasteiger partial charge is 0.212 e. The van der Waals surface area contributed by atoms with Crippen LogP contribution in [0.15, 0.2) is 65.8 Å². The maximum atomic E-state index is 5.73. The van der Waals surface area contributed by atoms with E-state index in [1.165, 1.54) is 12.9 Å². The van der Waals surface area contributed by atoms with E-state index in [1.807, 2.05) is 55.5 Å². The summed E-state index contributed by atoms with van der Waals surface area (Å²) in [5, 5.41) is 4.61. The first-order chi connectivity index (χ1) is 9.72. The second-order valence-corrected chi connectivity index (χ2v) is 4.67. The Bertz CT molecular complexity index is 555. The molecule has 0 fully saturated rings. The molecule has 0 aliphatic heterocycles. The predicted octanol–water partition coefficient (Wildman–Crippen LogP) is 3.18. The lowest BCUT2D eigenvalue weighted by atomic mass is 9.65. The first-order valence-electron chi connectivity index (χ1n) is 6.71. The lowest BCUT2D eigenvalue weighted by Crippen LogP contribution is -2.27. The van der Waals surface area contributed by atoms with Crippen molar-refractivity contribution >= 4 is 20.8 Å². The minimum Gasteiger partial charge on any atom is -0.350 e. The van der Waals surface area contributed by atoms with Gasteiger partial charge in [-0.1, -0.05) is 60.7 Å². The monoisotopic (exact) mass is 259 g/mol. The first kappa shape index (κ1) is 14.4. The summed E-state index contributed by atoms with van der Waals surface area (Å²) in [5.74, 6) is 0. The summed E-state index contributed by atoms with van der Waals surface area (Å²) >= 11 is 0. The van der Waals surface area contributed by atoms with Gasteiger partial charge in [0, 0.05) is 7.74 Å². The van der Waals surface area contributed by atoms with Gasteiger partial charge in [-0.15, -0.1) is 0 Å². The fourth-order valence-electron chi connectivity index (χ4n) is 2.04. The molecular weight excluding hydrogens is 242 g/mol. The predicted molar refractivity (Wildman–Crippen MR) is 86.9 cm³/mol. The highest BCUT2D eigenvalue weighted by Crippen LogP contribution is 2.19. The molecule has 2 rings (SSSR count). The Kier molecular flexibility index (Phi) is 5.05. The van der Waals surface area contributed by atoms with E-state index in [0.29, 0.717) is 0 Å². The van der Waals surface area contributed by atoms with Crippen molar-refractivity contribution in [2.24, 2.45) is 5.10 Å². The van der Waals surface area contributed by atoms with Crippen molar-refractivity contribution in [2.75, 3.05) is 0 Å². The number of hydrogen-bond donors (Lipinski definition) is 0. The molecule has 0 aliphatic rings. The van der Waals surface area contributed by atoms with Crippen LogP contribution in [0, 0.1) is 0 Å². The third-order valence-electron chi connectivity index (χ3n) is 3.29. The van der Waals surface area contributed by atoms with Crippen LogP contribution in [0.4, 0.5) is 0 Å². The van der Waals surface area contributed by atoms with Gasteiger partial charge in [0.2, 0.25) is 7.31 Å². The van der Waals surface area contributed by atoms with Crippen LogP contribution in [0.25, 0.3) is 0 Å². The summed E-state index contributed by atoms with van der Waals surface area (Å²) in [4.78, 5) is 1.79. The van der Waals surface area contributed by atoms with Crippen LogP contribution in [0.5, 0.6) is 0 Å². The van der Waals surface area contributed by atoms with Crippen LogP contribution in [0.1, 0.15) is 31.0 Å². The van der Waals surface area contributed by atoms with Gasteiger partial charge in [-0.25, -0.2) is 0 Å². The lowest BCUT2D eigenvalue weighted by Gasteiger charge is -2.27. The normalized spacial score (nSPS) is 12.8. The number of hydrazone groups is 1. The molecule has 0 amide bonds. The Morgan fingerprint density at radius 3 is 2.15 bits per heavy atom. The molecule has 0 saturated heterocycles. The number of rotatable bonds is 5. The summed E-state index contributed by atoms with van der Waals surface area (Å²) in [6.45, 7) is 4.07. The fourth-order valence-corrected chi connectivity index (χ4v) is 2.04. The summed E-state index contributed by atoms with van der Waals surface area (Å²) in [5.41, 5.74) is 3.22. The summed E-state index contributed by atoms with van der Waals surface area (Å²) in [7, 11) is 7.25. The Morgan fingerprint density at radius 1 is 1.05 bits per heavy atom. The van der Waals surface area contributed by atoms with E-state index < -0.39 is 0 Å². The molecule has 97 valence electrons. The van der Waals surface area contributed by atoms with Crippen LogP contribution < -0.4 is 0 Å². The van der Waals surface area contributed by atoms with E-state index in [9.17, 15) is 0 Å². The minimum atomic E-state index is 0.0971. The molecule has 0 N–H and O–H groups in total. The average Bonchev–Trinajstić information content (AvgIpc) is 2.53. The maximum Gasteiger partial charge on any atom is 0.212 e. The standard InChI is InChI=1S/C16H17B2N2/c1-13(15-9-5-3-6-10-15)19-20(18-17)14(2)16-11-7-4-8-12-16/h3-12,14H,1-2H3/b19-13+. The third-order valence-corrected chi connectivity index (χ3v) is 3.29. The molecule has 0 spiro atoms. The number of nitrogens with zero attached hydrogens (tertiary/aromatic N) is 2. The van der Waals surface area contributed by atoms with Gasteiger partial charge in [0.25, 0.3) is 0 Å². The lowest BCUT2D eigenvalue weighted by molar-refractivity contribution is 0.383. The number of benzene rings is 2. The largest absolute Gasteiger partial charge is 0.350 e. The SMILES string of the molecule is [B][B]N(/N=C(\C)c1ccccc1)C(C)c1ccccc1. The van der Waals surface area contributed by atoms with Crippen molar-refractivity contribution in [1.82, 2.24) is 4.92 Å². The number of hydrogen-bond acceptors (Lipinski definition) is 2. The molecule has 0 bridgehead atoms. The van der Waals surface area contributed by atoms with Crippen molar-refractivity contribution in [2.45, 2.75) is 19.9 Å². The highest BCUT2D eigenvalue weighted by Gasteiger charge is 2.12. The van der Waals surface area contributed by atoms with E-state index >= 15 is 0 Å². The van der Waals surface area contributed by atoms with Gasteiger partial charge in [0.05, 0.1) is 11.8 Å². The van der Waals surface area contributed by atoms with Crippen LogP contribution in [-0.4, -0.2) is 25.7 Å². The molecule has 0 saturated carbocycles. The molecule has 2 aromatic carbocycles. The molecule has 0 aliphatic carbocycles. The molecule has 0 heterocycles. The van der Waals surface area contributed by atoms with E-state index in [1.54, 1.807) is 4.92 Å². The van der Waals surface area contributed by atoms with E-state index in [-0.39, 0.29) is 6.04 Å². The van der Waals surface area contributed by atoms with Gasteiger partial charge in [0.15, 0.2) is 0 Å². The molecule has 4 heteroatoms. The highest BCUT2D eigenvalue weighted by molar-refractivity contribution is 6.87. The highest BCUT2D eigenvalue weighted by atomic mass is 15.4. The molecular formula is C16H17B2N2. The van der Waals surface area contributed by atoms with Gasteiger partial charge < -0.3 is 4.92 Å². The van der Waals surface area contributed by atoms with Gasteiger partial charge in [-0.3, -0.25) is 0 Å². The van der Waals surface area contributed by atoms with Crippen molar-refractivity contribution in [3.05, 3.63) is 71.8 Å². The van der Waals surface area contributed by atoms with E-state index in [2.05, 4.69) is 24.2 Å². The molecule has 1 unspecified atom stereocenters. The van der Waals surface area contributed by atoms with Gasteiger partial charge in [-0.05, 0) is 25.0 Å². The Hall–Kier alpha value is -1.96. The first-order valence-corrected chi connectivity index (χ1v) is 6.71. The van der Waals surface area contributed by atoms with E-state index in [0.717, 1.165) is 11.3 Å². The Morgan fingerprint density at radius 2 is 1.60 bits per heavy atom.